The van der Waals surface area contributed by atoms with Gasteiger partial charge in [0.2, 0.25) is 5.91 Å². The number of hydrogen-bond donors (Lipinski definition) is 0. The number of aromatic nitrogens is 1. The molecule has 0 aliphatic carbocycles. The van der Waals surface area contributed by atoms with E-state index in [4.69, 9.17) is 4.98 Å². The van der Waals surface area contributed by atoms with E-state index < -0.39 is 0 Å². The van der Waals surface area contributed by atoms with Gasteiger partial charge in [-0.1, -0.05) is 31.3 Å². The van der Waals surface area contributed by atoms with Crippen molar-refractivity contribution in [3.8, 4) is 0 Å². The van der Waals surface area contributed by atoms with Crippen LogP contribution < -0.4 is 4.90 Å². The summed E-state index contributed by atoms with van der Waals surface area (Å²) >= 11 is 3.26. The van der Waals surface area contributed by atoms with Gasteiger partial charge in [-0.3, -0.25) is 9.69 Å². The standard InChI is InChI=1S/C25H32FN3OS2/c1-5-28(6-2)13-14-29(25-27-22-17-18(3)16-19(4)24(22)32-25)23(30)8-7-15-31-21-11-9-20(26)10-12-21/h9-12,16-17H,5-8,13-15H2,1-4H3. The SMILES string of the molecule is CCN(CC)CCN(C(=O)CCCSc1ccc(F)cc1)c1nc2cc(C)cc(C)c2s1. The zero-order valence-electron chi connectivity index (χ0n) is 19.4. The van der Waals surface area contributed by atoms with E-state index in [9.17, 15) is 9.18 Å². The van der Waals surface area contributed by atoms with Crippen molar-refractivity contribution in [2.75, 3.05) is 36.8 Å². The molecule has 0 saturated carbocycles. The third-order valence-electron chi connectivity index (χ3n) is 5.49. The molecule has 1 amide bonds. The highest BCUT2D eigenvalue weighted by molar-refractivity contribution is 7.99. The van der Waals surface area contributed by atoms with E-state index in [2.05, 4.69) is 44.7 Å². The summed E-state index contributed by atoms with van der Waals surface area (Å²) in [5.74, 6) is 0.708. The van der Waals surface area contributed by atoms with Crippen molar-refractivity contribution in [1.82, 2.24) is 9.88 Å². The lowest BCUT2D eigenvalue weighted by Gasteiger charge is -2.24. The Morgan fingerprint density at radius 2 is 1.81 bits per heavy atom. The molecule has 0 saturated heterocycles. The predicted molar refractivity (Wildman–Crippen MR) is 136 cm³/mol. The van der Waals surface area contributed by atoms with Crippen molar-refractivity contribution in [1.29, 1.82) is 0 Å². The van der Waals surface area contributed by atoms with Gasteiger partial charge in [0.15, 0.2) is 5.13 Å². The topological polar surface area (TPSA) is 36.4 Å². The molecular weight excluding hydrogens is 441 g/mol. The van der Waals surface area contributed by atoms with E-state index in [1.807, 2.05) is 4.90 Å². The summed E-state index contributed by atoms with van der Waals surface area (Å²) in [6.07, 6.45) is 1.24. The summed E-state index contributed by atoms with van der Waals surface area (Å²) in [7, 11) is 0. The molecule has 2 aromatic carbocycles. The first-order valence-corrected chi connectivity index (χ1v) is 13.0. The Bertz CT molecular complexity index is 1030. The molecule has 0 spiro atoms. The number of benzene rings is 2. The van der Waals surface area contributed by atoms with Crippen molar-refractivity contribution in [3.05, 3.63) is 53.3 Å². The number of rotatable bonds is 11. The van der Waals surface area contributed by atoms with Gasteiger partial charge in [0.05, 0.1) is 10.2 Å². The fraction of sp³-hybridized carbons (Fsp3) is 0.440. The van der Waals surface area contributed by atoms with Crippen LogP contribution in [0, 0.1) is 19.7 Å². The van der Waals surface area contributed by atoms with Crippen LogP contribution in [0.25, 0.3) is 10.2 Å². The van der Waals surface area contributed by atoms with Gasteiger partial charge in [-0.25, -0.2) is 9.37 Å². The number of amides is 1. The van der Waals surface area contributed by atoms with Crippen molar-refractivity contribution in [3.63, 3.8) is 0 Å². The molecular formula is C25H32FN3OS2. The van der Waals surface area contributed by atoms with Crippen molar-refractivity contribution in [2.24, 2.45) is 0 Å². The molecule has 0 radical (unpaired) electrons. The van der Waals surface area contributed by atoms with Crippen LogP contribution >= 0.6 is 23.1 Å². The molecule has 0 atom stereocenters. The van der Waals surface area contributed by atoms with Crippen LogP contribution in [0.2, 0.25) is 0 Å². The Kier molecular flexibility index (Phi) is 9.08. The van der Waals surface area contributed by atoms with E-state index in [1.54, 1.807) is 35.2 Å². The van der Waals surface area contributed by atoms with E-state index >= 15 is 0 Å². The lowest BCUT2D eigenvalue weighted by Crippen LogP contribution is -2.38. The van der Waals surface area contributed by atoms with Crippen molar-refractivity contribution < 1.29 is 9.18 Å². The normalized spacial score (nSPS) is 11.4. The molecule has 1 aromatic heterocycles. The fourth-order valence-electron chi connectivity index (χ4n) is 3.67. The molecule has 0 aliphatic rings. The molecule has 32 heavy (non-hydrogen) atoms. The minimum absolute atomic E-state index is 0.116. The highest BCUT2D eigenvalue weighted by Crippen LogP contribution is 2.32. The Hall–Kier alpha value is -1.96. The van der Waals surface area contributed by atoms with E-state index in [-0.39, 0.29) is 11.7 Å². The zero-order chi connectivity index (χ0) is 23.1. The van der Waals surface area contributed by atoms with E-state index in [1.165, 1.54) is 23.3 Å². The number of thiazole rings is 1. The van der Waals surface area contributed by atoms with Gasteiger partial charge in [-0.15, -0.1) is 11.8 Å². The largest absolute Gasteiger partial charge is 0.302 e. The van der Waals surface area contributed by atoms with Crippen molar-refractivity contribution in [2.45, 2.75) is 45.4 Å². The number of carbonyl (C=O) groups is 1. The number of aryl methyl sites for hydroxylation is 2. The Morgan fingerprint density at radius 3 is 2.50 bits per heavy atom. The van der Waals surface area contributed by atoms with Crippen LogP contribution in [-0.2, 0) is 4.79 Å². The number of anilines is 1. The molecule has 0 N–H and O–H groups in total. The molecule has 3 rings (SSSR count). The summed E-state index contributed by atoms with van der Waals surface area (Å²) in [5, 5.41) is 0.789. The lowest BCUT2D eigenvalue weighted by atomic mass is 10.1. The predicted octanol–water partition coefficient (Wildman–Crippen LogP) is 6.30. The summed E-state index contributed by atoms with van der Waals surface area (Å²) in [6.45, 7) is 11.9. The van der Waals surface area contributed by atoms with Gasteiger partial charge in [0, 0.05) is 24.4 Å². The zero-order valence-corrected chi connectivity index (χ0v) is 21.0. The number of halogens is 1. The second-order valence-corrected chi connectivity index (χ2v) is 10.1. The summed E-state index contributed by atoms with van der Waals surface area (Å²) in [5.41, 5.74) is 3.36. The van der Waals surface area contributed by atoms with Gasteiger partial charge in [0.25, 0.3) is 0 Å². The minimum Gasteiger partial charge on any atom is -0.302 e. The first-order chi connectivity index (χ1) is 15.4. The lowest BCUT2D eigenvalue weighted by molar-refractivity contribution is -0.118. The minimum atomic E-state index is -0.227. The number of thioether (sulfide) groups is 1. The third-order valence-corrected chi connectivity index (χ3v) is 7.82. The molecule has 0 bridgehead atoms. The number of carbonyl (C=O) groups excluding carboxylic acids is 1. The smallest absolute Gasteiger partial charge is 0.228 e. The third kappa shape index (κ3) is 6.53. The monoisotopic (exact) mass is 473 g/mol. The molecule has 4 nitrogen and oxygen atoms in total. The number of nitrogens with zero attached hydrogens (tertiary/aromatic N) is 3. The molecule has 0 aliphatic heterocycles. The molecule has 3 aromatic rings. The van der Waals surface area contributed by atoms with Gasteiger partial charge >= 0.3 is 0 Å². The van der Waals surface area contributed by atoms with Crippen LogP contribution in [0.3, 0.4) is 0 Å². The quantitative estimate of drug-likeness (QED) is 0.242. The van der Waals surface area contributed by atoms with Crippen LogP contribution in [0.15, 0.2) is 41.3 Å². The molecule has 0 unspecified atom stereocenters. The van der Waals surface area contributed by atoms with Gasteiger partial charge < -0.3 is 4.90 Å². The van der Waals surface area contributed by atoms with Crippen LogP contribution in [0.4, 0.5) is 9.52 Å². The van der Waals surface area contributed by atoms with Gasteiger partial charge in [-0.2, -0.15) is 0 Å². The maximum atomic E-state index is 13.2. The first kappa shape index (κ1) is 24.7. The molecule has 172 valence electrons. The molecule has 7 heteroatoms. The molecule has 0 fully saturated rings. The molecule has 1 heterocycles. The average molecular weight is 474 g/mol. The second-order valence-electron chi connectivity index (χ2n) is 7.90. The first-order valence-electron chi connectivity index (χ1n) is 11.2. The van der Waals surface area contributed by atoms with Crippen LogP contribution in [0.1, 0.15) is 37.8 Å². The van der Waals surface area contributed by atoms with Crippen LogP contribution in [0.5, 0.6) is 0 Å². The summed E-state index contributed by atoms with van der Waals surface area (Å²) in [4.78, 5) is 23.3. The van der Waals surface area contributed by atoms with Crippen molar-refractivity contribution >= 4 is 44.4 Å². The van der Waals surface area contributed by atoms with Gasteiger partial charge in [-0.05, 0) is 80.6 Å². The fourth-order valence-corrected chi connectivity index (χ4v) is 5.58. The second kappa shape index (κ2) is 11.8. The Labute approximate surface area is 198 Å². The van der Waals surface area contributed by atoms with E-state index in [0.717, 1.165) is 52.1 Å². The summed E-state index contributed by atoms with van der Waals surface area (Å²) < 4.78 is 14.2. The Morgan fingerprint density at radius 1 is 1.09 bits per heavy atom. The maximum absolute atomic E-state index is 13.2. The highest BCUT2D eigenvalue weighted by Gasteiger charge is 2.21. The number of hydrogen-bond acceptors (Lipinski definition) is 5. The van der Waals surface area contributed by atoms with Crippen LogP contribution in [-0.4, -0.2) is 47.7 Å². The Balaban J connectivity index is 1.69. The van der Waals surface area contributed by atoms with E-state index in [0.29, 0.717) is 13.0 Å². The highest BCUT2D eigenvalue weighted by atomic mass is 32.2. The maximum Gasteiger partial charge on any atom is 0.228 e. The van der Waals surface area contributed by atoms with Gasteiger partial charge in [0.1, 0.15) is 5.82 Å². The summed E-state index contributed by atoms with van der Waals surface area (Å²) in [6, 6.07) is 10.8. The average Bonchev–Trinajstić information content (AvgIpc) is 3.19. The number of likely N-dealkylation sites (N-methyl/N-ethyl adjacent to an activating group) is 1. The number of fused-ring (bicyclic) bond motifs is 1.